The summed E-state index contributed by atoms with van der Waals surface area (Å²) < 4.78 is 48.9. The van der Waals surface area contributed by atoms with E-state index in [4.69, 9.17) is 37.9 Å². The number of aliphatic hydroxyl groups excluding tert-OH is 15. The van der Waals surface area contributed by atoms with E-state index < -0.39 is 178 Å². The molecule has 0 aromatic rings. The summed E-state index contributed by atoms with van der Waals surface area (Å²) in [7, 11) is 0. The van der Waals surface area contributed by atoms with Crippen LogP contribution >= 0.6 is 0 Å². The molecular formula is C54H92O23. The Morgan fingerprint density at radius 3 is 1.64 bits per heavy atom. The number of aliphatic hydroxyl groups is 15. The van der Waals surface area contributed by atoms with Crippen LogP contribution in [0.4, 0.5) is 0 Å². The van der Waals surface area contributed by atoms with Gasteiger partial charge in [0, 0.05) is 0 Å². The second-order valence-corrected chi connectivity index (χ2v) is 25.7. The van der Waals surface area contributed by atoms with Gasteiger partial charge in [-0.2, -0.15) is 0 Å². The molecule has 4 saturated heterocycles. The van der Waals surface area contributed by atoms with Gasteiger partial charge in [-0.25, -0.2) is 0 Å². The van der Waals surface area contributed by atoms with Gasteiger partial charge in [0.15, 0.2) is 25.2 Å². The molecule has 0 aromatic heterocycles. The molecule has 15 N–H and O–H groups in total. The van der Waals surface area contributed by atoms with E-state index in [1.54, 1.807) is 0 Å². The zero-order valence-corrected chi connectivity index (χ0v) is 45.8. The van der Waals surface area contributed by atoms with Crippen molar-refractivity contribution in [3.05, 3.63) is 11.6 Å². The number of ether oxygens (including phenoxy) is 8. The predicted octanol–water partition coefficient (Wildman–Crippen LogP) is -2.20. The van der Waals surface area contributed by atoms with Gasteiger partial charge in [0.1, 0.15) is 97.7 Å². The maximum absolute atomic E-state index is 12.8. The van der Waals surface area contributed by atoms with Crippen LogP contribution in [0.15, 0.2) is 11.6 Å². The quantitative estimate of drug-likeness (QED) is 0.0576. The van der Waals surface area contributed by atoms with Crippen LogP contribution in [0.25, 0.3) is 0 Å². The highest BCUT2D eigenvalue weighted by molar-refractivity contribution is 5.20. The van der Waals surface area contributed by atoms with Crippen molar-refractivity contribution in [3.8, 4) is 0 Å². The van der Waals surface area contributed by atoms with Crippen molar-refractivity contribution in [1.29, 1.82) is 0 Å². The third-order valence-corrected chi connectivity index (χ3v) is 20.9. The largest absolute Gasteiger partial charge is 0.394 e. The van der Waals surface area contributed by atoms with E-state index in [1.807, 2.05) is 20.8 Å². The zero-order valence-electron chi connectivity index (χ0n) is 45.8. The van der Waals surface area contributed by atoms with Crippen LogP contribution in [-0.4, -0.2) is 244 Å². The molecule has 0 unspecified atom stereocenters. The number of hydrogen-bond donors (Lipinski definition) is 15. The lowest BCUT2D eigenvalue weighted by Crippen LogP contribution is -2.68. The Hall–Kier alpha value is -1.18. The molecule has 8 aliphatic rings. The van der Waals surface area contributed by atoms with Crippen LogP contribution in [0.1, 0.15) is 113 Å². The van der Waals surface area contributed by atoms with Gasteiger partial charge in [0.2, 0.25) is 0 Å². The molecule has 30 atom stereocenters. The molecule has 8 rings (SSSR count). The van der Waals surface area contributed by atoms with Crippen molar-refractivity contribution in [2.24, 2.45) is 45.3 Å². The first-order chi connectivity index (χ1) is 36.0. The number of allylic oxidation sites excluding steroid dienone is 2. The maximum atomic E-state index is 12.8. The summed E-state index contributed by atoms with van der Waals surface area (Å²) in [6.07, 6.45) is -25.2. The lowest BCUT2D eigenvalue weighted by molar-refractivity contribution is -0.378. The van der Waals surface area contributed by atoms with Gasteiger partial charge < -0.3 is 114 Å². The Morgan fingerprint density at radius 2 is 1.05 bits per heavy atom. The molecule has 4 saturated carbocycles. The molecule has 0 aromatic carbocycles. The van der Waals surface area contributed by atoms with E-state index in [0.717, 1.165) is 24.8 Å². The second kappa shape index (κ2) is 23.5. The average molecular weight is 1110 g/mol. The van der Waals surface area contributed by atoms with Crippen LogP contribution in [0.2, 0.25) is 0 Å². The molecule has 0 spiro atoms. The number of hydrogen-bond acceptors (Lipinski definition) is 23. The third-order valence-electron chi connectivity index (χ3n) is 20.9. The summed E-state index contributed by atoms with van der Waals surface area (Å²) >= 11 is 0. The first-order valence-electron chi connectivity index (χ1n) is 27.9. The van der Waals surface area contributed by atoms with Crippen LogP contribution in [0, 0.1) is 45.3 Å². The van der Waals surface area contributed by atoms with Crippen molar-refractivity contribution >= 4 is 0 Å². The van der Waals surface area contributed by atoms with Crippen molar-refractivity contribution in [2.45, 2.75) is 254 Å². The minimum atomic E-state index is -1.82. The molecule has 4 aliphatic carbocycles. The lowest BCUT2D eigenvalue weighted by Gasteiger charge is -2.71. The predicted molar refractivity (Wildman–Crippen MR) is 266 cm³/mol. The molecule has 0 amide bonds. The van der Waals surface area contributed by atoms with E-state index in [-0.39, 0.29) is 34.5 Å². The molecule has 4 aliphatic heterocycles. The summed E-state index contributed by atoms with van der Waals surface area (Å²) in [5.74, 6) is -0.475. The molecule has 0 bridgehead atoms. The molecule has 77 heavy (non-hydrogen) atoms. The van der Waals surface area contributed by atoms with Crippen LogP contribution in [0.3, 0.4) is 0 Å². The highest BCUT2D eigenvalue weighted by Gasteiger charge is 2.72. The van der Waals surface area contributed by atoms with E-state index in [1.165, 1.54) is 0 Å². The standard InChI is InChI=1S/C54H92O23/c1-23(2)10-9-14-54(8,77-48-44(69)40(65)37(62)29(74-48)22-70-46-42(67)38(63)34(59)26(19-55)71-46)24-11-16-53(7)33(24)25(58)18-31-51(5)15-13-32(50(3,4)30(51)12-17-52(31,53)6)75-49-45(41(66)36(61)28(21-57)73-49)76-47-43(68)39(64)35(60)27(20-56)72-47/h10,24-49,55-69H,9,11-22H2,1-8H3/t24-,25-,26+,27+,28+,29+,30-,31-,32+,33-,34+,35+,36+,37+,38+,39+,40+,41+,42+,43+,44+,45+,46-,47+,48+,49+,51-,52+,53+,54-/m0/s1. The van der Waals surface area contributed by atoms with Gasteiger partial charge in [-0.05, 0) is 124 Å². The van der Waals surface area contributed by atoms with Gasteiger partial charge >= 0.3 is 0 Å². The summed E-state index contributed by atoms with van der Waals surface area (Å²) in [6.45, 7) is 14.6. The second-order valence-electron chi connectivity index (χ2n) is 25.7. The van der Waals surface area contributed by atoms with Crippen molar-refractivity contribution in [1.82, 2.24) is 0 Å². The van der Waals surface area contributed by atoms with Gasteiger partial charge in [0.05, 0.1) is 44.2 Å². The van der Waals surface area contributed by atoms with E-state index in [0.29, 0.717) is 38.5 Å². The van der Waals surface area contributed by atoms with Crippen molar-refractivity contribution < 1.29 is 114 Å². The fourth-order valence-electron chi connectivity index (χ4n) is 16.3. The summed E-state index contributed by atoms with van der Waals surface area (Å²) in [5.41, 5.74) is -1.59. The normalized spacial score (nSPS) is 52.7. The fourth-order valence-corrected chi connectivity index (χ4v) is 16.3. The minimum absolute atomic E-state index is 0.0374. The molecule has 8 fully saturated rings. The molecule has 0 radical (unpaired) electrons. The van der Waals surface area contributed by atoms with Crippen molar-refractivity contribution in [2.75, 3.05) is 26.4 Å². The molecule has 446 valence electrons. The van der Waals surface area contributed by atoms with Gasteiger partial charge in [-0.1, -0.05) is 46.3 Å². The SMILES string of the molecule is CC(C)=CCC[C@](C)(O[C@H]1O[C@H](CO[C@H]2O[C@H](CO)[C@@H](O)[C@@H](O)[C@H]2O)[C@@H](O)[C@@H](O)[C@H]1O)[C@H]1CC[C@]2(C)[C@@H]1[C@@H](O)C[C@H]1[C@@]3(C)CC[C@@H](O[C@H]4O[C@H](CO)[C@@H](O)[C@@H](O)[C@H]4O[C@H]4O[C@H](CO)[C@@H](O)[C@@H](O)[C@H]4O)C(C)(C)[C@@H]3CC[C@]12C. The first kappa shape index (κ1) is 61.9. The lowest BCUT2D eigenvalue weighted by atomic mass is 9.35. The van der Waals surface area contributed by atoms with Gasteiger partial charge in [-0.3, -0.25) is 0 Å². The van der Waals surface area contributed by atoms with Crippen molar-refractivity contribution in [3.63, 3.8) is 0 Å². The Balaban J connectivity index is 1.01. The fraction of sp³-hybridized carbons (Fsp3) is 0.963. The van der Waals surface area contributed by atoms with E-state index >= 15 is 0 Å². The molecule has 23 heteroatoms. The molecule has 4 heterocycles. The highest BCUT2D eigenvalue weighted by atomic mass is 16.8. The summed E-state index contributed by atoms with van der Waals surface area (Å²) in [6, 6.07) is 0. The molecule has 23 nitrogen and oxygen atoms in total. The average Bonchev–Trinajstić information content (AvgIpc) is 3.96. The number of rotatable bonds is 16. The van der Waals surface area contributed by atoms with E-state index in [9.17, 15) is 76.6 Å². The first-order valence-corrected chi connectivity index (χ1v) is 27.9. The Bertz CT molecular complexity index is 1990. The zero-order chi connectivity index (χ0) is 56.6. The topological polar surface area (TPSA) is 377 Å². The van der Waals surface area contributed by atoms with E-state index in [2.05, 4.69) is 40.7 Å². The van der Waals surface area contributed by atoms with Gasteiger partial charge in [0.25, 0.3) is 0 Å². The van der Waals surface area contributed by atoms with Crippen LogP contribution < -0.4 is 0 Å². The Morgan fingerprint density at radius 1 is 0.545 bits per heavy atom. The monoisotopic (exact) mass is 1110 g/mol. The van der Waals surface area contributed by atoms with Crippen LogP contribution in [0.5, 0.6) is 0 Å². The minimum Gasteiger partial charge on any atom is -0.394 e. The smallest absolute Gasteiger partial charge is 0.187 e. The maximum Gasteiger partial charge on any atom is 0.187 e. The third kappa shape index (κ3) is 10.9. The number of fused-ring (bicyclic) bond motifs is 5. The van der Waals surface area contributed by atoms with Crippen LogP contribution in [-0.2, 0) is 37.9 Å². The Kier molecular flexibility index (Phi) is 18.9. The Labute approximate surface area is 450 Å². The molecular weight excluding hydrogens is 1020 g/mol. The summed E-state index contributed by atoms with van der Waals surface area (Å²) in [4.78, 5) is 0. The van der Waals surface area contributed by atoms with Gasteiger partial charge in [-0.15, -0.1) is 0 Å². The summed E-state index contributed by atoms with van der Waals surface area (Å²) in [5, 5.41) is 162. The highest BCUT2D eigenvalue weighted by Crippen LogP contribution is 2.76.